The number of anilines is 2. The van der Waals surface area contributed by atoms with Crippen LogP contribution in [0.15, 0.2) is 29.6 Å². The van der Waals surface area contributed by atoms with E-state index < -0.39 is 0 Å². The van der Waals surface area contributed by atoms with E-state index in [4.69, 9.17) is 9.72 Å². The molecular weight excluding hydrogens is 374 g/mol. The van der Waals surface area contributed by atoms with Crippen LogP contribution in [0.5, 0.6) is 5.75 Å². The Morgan fingerprint density at radius 2 is 1.89 bits per heavy atom. The first-order valence-corrected chi connectivity index (χ1v) is 10.7. The number of amides is 1. The molecule has 1 aliphatic heterocycles. The summed E-state index contributed by atoms with van der Waals surface area (Å²) in [7, 11) is 1.66. The molecule has 2 aliphatic rings. The van der Waals surface area contributed by atoms with E-state index in [0.717, 1.165) is 67.8 Å². The molecule has 2 heterocycles. The minimum absolute atomic E-state index is 0.171. The third-order valence-corrected chi connectivity index (χ3v) is 5.86. The highest BCUT2D eigenvalue weighted by Crippen LogP contribution is 2.23. The zero-order chi connectivity index (χ0) is 19.3. The third kappa shape index (κ3) is 5.43. The van der Waals surface area contributed by atoms with Gasteiger partial charge in [-0.3, -0.25) is 14.6 Å². The van der Waals surface area contributed by atoms with E-state index >= 15 is 0 Å². The number of hydrogen-bond donors (Lipinski definition) is 2. The maximum Gasteiger partial charge on any atom is 0.234 e. The first-order valence-electron chi connectivity index (χ1n) is 9.77. The van der Waals surface area contributed by atoms with Crippen LogP contribution in [0.2, 0.25) is 0 Å². The largest absolute Gasteiger partial charge is 0.497 e. The fourth-order valence-corrected chi connectivity index (χ4v) is 4.00. The first kappa shape index (κ1) is 19.2. The molecule has 8 heteroatoms. The molecule has 4 rings (SSSR count). The van der Waals surface area contributed by atoms with E-state index in [9.17, 15) is 4.79 Å². The van der Waals surface area contributed by atoms with Crippen LogP contribution in [0.3, 0.4) is 0 Å². The number of ether oxygens (including phenoxy) is 1. The van der Waals surface area contributed by atoms with Crippen molar-refractivity contribution < 1.29 is 9.53 Å². The molecule has 0 unspecified atom stereocenters. The van der Waals surface area contributed by atoms with Crippen molar-refractivity contribution in [3.63, 3.8) is 0 Å². The molecular formula is C20H27N5O2S. The average Bonchev–Trinajstić information content (AvgIpc) is 3.41. The number of methoxy groups -OCH3 is 1. The number of aromatic nitrogens is 1. The van der Waals surface area contributed by atoms with Gasteiger partial charge in [0.25, 0.3) is 0 Å². The van der Waals surface area contributed by atoms with Gasteiger partial charge in [-0.2, -0.15) is 0 Å². The van der Waals surface area contributed by atoms with E-state index in [-0.39, 0.29) is 5.91 Å². The van der Waals surface area contributed by atoms with Gasteiger partial charge in [0.05, 0.1) is 19.3 Å². The molecule has 2 N–H and O–H groups in total. The molecule has 1 aromatic carbocycles. The van der Waals surface area contributed by atoms with Crippen molar-refractivity contribution in [2.75, 3.05) is 45.2 Å². The van der Waals surface area contributed by atoms with Gasteiger partial charge in [-0.1, -0.05) is 0 Å². The zero-order valence-electron chi connectivity index (χ0n) is 16.2. The monoisotopic (exact) mass is 401 g/mol. The number of carbonyl (C=O) groups excluding carboxylic acids is 1. The minimum Gasteiger partial charge on any atom is -0.497 e. The fraction of sp³-hybridized carbons (Fsp3) is 0.500. The quantitative estimate of drug-likeness (QED) is 0.707. The predicted molar refractivity (Wildman–Crippen MR) is 111 cm³/mol. The molecule has 0 spiro atoms. The van der Waals surface area contributed by atoms with Crippen molar-refractivity contribution in [1.29, 1.82) is 0 Å². The molecule has 28 heavy (non-hydrogen) atoms. The molecule has 0 radical (unpaired) electrons. The van der Waals surface area contributed by atoms with Gasteiger partial charge < -0.3 is 15.4 Å². The van der Waals surface area contributed by atoms with Crippen LogP contribution < -0.4 is 15.4 Å². The Bertz CT molecular complexity index is 782. The molecule has 1 saturated carbocycles. The molecule has 1 aromatic heterocycles. The van der Waals surface area contributed by atoms with Gasteiger partial charge in [-0.25, -0.2) is 4.98 Å². The topological polar surface area (TPSA) is 69.7 Å². The summed E-state index contributed by atoms with van der Waals surface area (Å²) in [6, 6.07) is 8.28. The summed E-state index contributed by atoms with van der Waals surface area (Å²) in [6.45, 7) is 5.17. The fourth-order valence-electron chi connectivity index (χ4n) is 3.27. The normalized spacial score (nSPS) is 18.0. The van der Waals surface area contributed by atoms with Crippen LogP contribution in [0, 0.1) is 0 Å². The van der Waals surface area contributed by atoms with Crippen LogP contribution in [-0.4, -0.2) is 66.6 Å². The molecule has 1 amide bonds. The zero-order valence-corrected chi connectivity index (χ0v) is 17.0. The van der Waals surface area contributed by atoms with Crippen molar-refractivity contribution in [2.24, 2.45) is 0 Å². The number of nitrogens with zero attached hydrogens (tertiary/aromatic N) is 3. The number of rotatable bonds is 8. The second-order valence-corrected chi connectivity index (χ2v) is 8.25. The van der Waals surface area contributed by atoms with Gasteiger partial charge in [0.2, 0.25) is 5.91 Å². The van der Waals surface area contributed by atoms with E-state index in [1.54, 1.807) is 18.4 Å². The van der Waals surface area contributed by atoms with Crippen LogP contribution in [0.1, 0.15) is 18.5 Å². The number of nitrogens with one attached hydrogen (secondary N) is 2. The first-order chi connectivity index (χ1) is 13.7. The summed E-state index contributed by atoms with van der Waals surface area (Å²) in [6.07, 6.45) is 2.28. The highest BCUT2D eigenvalue weighted by atomic mass is 32.1. The summed E-state index contributed by atoms with van der Waals surface area (Å²) in [4.78, 5) is 21.3. The smallest absolute Gasteiger partial charge is 0.234 e. The van der Waals surface area contributed by atoms with Gasteiger partial charge in [-0.15, -0.1) is 11.3 Å². The second kappa shape index (κ2) is 8.89. The Hall–Kier alpha value is -2.16. The maximum absolute atomic E-state index is 11.9. The summed E-state index contributed by atoms with van der Waals surface area (Å²) < 4.78 is 5.18. The standard InChI is InChI=1S/C20H27N5O2S/c1-27-18-6-4-16(5-7-18)22-20-23-17(14-28-20)12-24-8-10-25(11-9-24)13-19(26)21-15-2-3-15/h4-7,14-15H,2-3,8-13H2,1H3,(H,21,26)(H,22,23). The number of hydrogen-bond acceptors (Lipinski definition) is 7. The van der Waals surface area contributed by atoms with Crippen molar-refractivity contribution in [3.8, 4) is 5.75 Å². The van der Waals surface area contributed by atoms with Crippen LogP contribution in [0.4, 0.5) is 10.8 Å². The Morgan fingerprint density at radius 3 is 2.57 bits per heavy atom. The average molecular weight is 402 g/mol. The van der Waals surface area contributed by atoms with Gasteiger partial charge >= 0.3 is 0 Å². The maximum atomic E-state index is 11.9. The van der Waals surface area contributed by atoms with E-state index in [1.807, 2.05) is 24.3 Å². The lowest BCUT2D eigenvalue weighted by molar-refractivity contribution is -0.122. The molecule has 2 aromatic rings. The van der Waals surface area contributed by atoms with Gasteiger partial charge in [0.1, 0.15) is 5.75 Å². The predicted octanol–water partition coefficient (Wildman–Crippen LogP) is 2.29. The lowest BCUT2D eigenvalue weighted by Crippen LogP contribution is -2.49. The summed E-state index contributed by atoms with van der Waals surface area (Å²) in [5, 5.41) is 9.42. The molecule has 1 aliphatic carbocycles. The highest BCUT2D eigenvalue weighted by molar-refractivity contribution is 7.13. The van der Waals surface area contributed by atoms with Crippen molar-refractivity contribution in [3.05, 3.63) is 35.3 Å². The van der Waals surface area contributed by atoms with Crippen LogP contribution in [0.25, 0.3) is 0 Å². The molecule has 2 fully saturated rings. The second-order valence-electron chi connectivity index (χ2n) is 7.39. The number of benzene rings is 1. The van der Waals surface area contributed by atoms with Gasteiger partial charge in [0, 0.05) is 49.8 Å². The number of carbonyl (C=O) groups is 1. The molecule has 150 valence electrons. The van der Waals surface area contributed by atoms with Gasteiger partial charge in [0.15, 0.2) is 5.13 Å². The van der Waals surface area contributed by atoms with Crippen molar-refractivity contribution in [2.45, 2.75) is 25.4 Å². The lowest BCUT2D eigenvalue weighted by Gasteiger charge is -2.33. The SMILES string of the molecule is COc1ccc(Nc2nc(CN3CCN(CC(=O)NC4CC4)CC3)cs2)cc1. The Labute approximate surface area is 169 Å². The Morgan fingerprint density at radius 1 is 1.18 bits per heavy atom. The third-order valence-electron chi connectivity index (χ3n) is 5.05. The summed E-state index contributed by atoms with van der Waals surface area (Å²) in [5.41, 5.74) is 2.08. The van der Waals surface area contributed by atoms with E-state index in [1.165, 1.54) is 0 Å². The Balaban J connectivity index is 1.21. The van der Waals surface area contributed by atoms with E-state index in [0.29, 0.717) is 12.6 Å². The number of piperazine rings is 1. The molecule has 1 saturated heterocycles. The summed E-state index contributed by atoms with van der Waals surface area (Å²) >= 11 is 1.62. The van der Waals surface area contributed by atoms with Crippen molar-refractivity contribution in [1.82, 2.24) is 20.1 Å². The van der Waals surface area contributed by atoms with Crippen LogP contribution >= 0.6 is 11.3 Å². The molecule has 0 bridgehead atoms. The minimum atomic E-state index is 0.171. The summed E-state index contributed by atoms with van der Waals surface area (Å²) in [5.74, 6) is 1.01. The Kier molecular flexibility index (Phi) is 6.09. The molecule has 0 atom stereocenters. The van der Waals surface area contributed by atoms with Gasteiger partial charge in [-0.05, 0) is 37.1 Å². The van der Waals surface area contributed by atoms with Crippen molar-refractivity contribution >= 4 is 28.1 Å². The van der Waals surface area contributed by atoms with E-state index in [2.05, 4.69) is 25.8 Å². The highest BCUT2D eigenvalue weighted by Gasteiger charge is 2.25. The van der Waals surface area contributed by atoms with Crippen LogP contribution in [-0.2, 0) is 11.3 Å². The number of thiazole rings is 1. The lowest BCUT2D eigenvalue weighted by atomic mass is 10.3. The molecule has 7 nitrogen and oxygen atoms in total.